The molecule has 1 aromatic heterocycles. The molecule has 2 heterocycles. The molecule has 0 spiro atoms. The summed E-state index contributed by atoms with van der Waals surface area (Å²) in [6, 6.07) is 4.49. The van der Waals surface area contributed by atoms with Gasteiger partial charge in [0.2, 0.25) is 0 Å². The van der Waals surface area contributed by atoms with Gasteiger partial charge in [0.05, 0.1) is 5.56 Å². The summed E-state index contributed by atoms with van der Waals surface area (Å²) in [6.07, 6.45) is 20.9. The normalized spacial score (nSPS) is 14.5. The van der Waals surface area contributed by atoms with Gasteiger partial charge in [-0.2, -0.15) is 0 Å². The minimum Gasteiger partial charge on any atom is -0.396 e. The van der Waals surface area contributed by atoms with E-state index >= 15 is 0 Å². The summed E-state index contributed by atoms with van der Waals surface area (Å²) in [5.74, 6) is 0.962. The highest BCUT2D eigenvalue weighted by Crippen LogP contribution is 2.16. The number of nitrogens with zero attached hydrogens (tertiary/aromatic N) is 3. The maximum absolute atomic E-state index is 12.4. The molecule has 0 radical (unpaired) electrons. The zero-order chi connectivity index (χ0) is 25.8. The molecular weight excluding hydrogens is 448 g/mol. The summed E-state index contributed by atoms with van der Waals surface area (Å²) >= 11 is 0. The SMILES string of the molecule is CC(C)N1CCN(c2ccc(C(=O)NCCCCCCCCCCCCCCCCCO)cn2)CC1. The number of piperazine rings is 1. The fourth-order valence-electron chi connectivity index (χ4n) is 5.01. The Labute approximate surface area is 221 Å². The zero-order valence-corrected chi connectivity index (χ0v) is 23.4. The van der Waals surface area contributed by atoms with Gasteiger partial charge in [0.25, 0.3) is 5.91 Å². The molecule has 1 aliphatic rings. The third-order valence-electron chi connectivity index (χ3n) is 7.50. The number of nitrogens with one attached hydrogen (secondary N) is 1. The first kappa shape index (κ1) is 30.6. The lowest BCUT2D eigenvalue weighted by Gasteiger charge is -2.37. The number of aliphatic hydroxyl groups is 1. The molecule has 0 bridgehead atoms. The summed E-state index contributed by atoms with van der Waals surface area (Å²) in [4.78, 5) is 21.8. The predicted molar refractivity (Wildman–Crippen MR) is 152 cm³/mol. The average Bonchev–Trinajstić information content (AvgIpc) is 2.90. The Hall–Kier alpha value is -1.66. The Balaban J connectivity index is 1.41. The number of pyridine rings is 1. The number of carbonyl (C=O) groups excluding carboxylic acids is 1. The van der Waals surface area contributed by atoms with Crippen LogP contribution in [0, 0.1) is 0 Å². The van der Waals surface area contributed by atoms with E-state index in [-0.39, 0.29) is 5.91 Å². The highest BCUT2D eigenvalue weighted by molar-refractivity contribution is 5.94. The zero-order valence-electron chi connectivity index (χ0n) is 23.4. The van der Waals surface area contributed by atoms with E-state index in [0.717, 1.165) is 51.4 Å². The number of unbranched alkanes of at least 4 members (excludes halogenated alkanes) is 14. The van der Waals surface area contributed by atoms with Gasteiger partial charge in [-0.25, -0.2) is 4.98 Å². The molecule has 1 amide bonds. The van der Waals surface area contributed by atoms with Crippen molar-refractivity contribution in [2.24, 2.45) is 0 Å². The average molecular weight is 503 g/mol. The van der Waals surface area contributed by atoms with Crippen LogP contribution in [0.4, 0.5) is 5.82 Å². The molecule has 6 heteroatoms. The van der Waals surface area contributed by atoms with Crippen LogP contribution in [0.2, 0.25) is 0 Å². The molecule has 2 rings (SSSR count). The van der Waals surface area contributed by atoms with Crippen molar-refractivity contribution in [1.29, 1.82) is 0 Å². The third-order valence-corrected chi connectivity index (χ3v) is 7.50. The van der Waals surface area contributed by atoms with E-state index in [4.69, 9.17) is 5.11 Å². The summed E-state index contributed by atoms with van der Waals surface area (Å²) in [6.45, 7) is 9.70. The van der Waals surface area contributed by atoms with Crippen LogP contribution in [0.15, 0.2) is 18.3 Å². The van der Waals surface area contributed by atoms with Gasteiger partial charge < -0.3 is 15.3 Å². The van der Waals surface area contributed by atoms with Crippen molar-refractivity contribution in [1.82, 2.24) is 15.2 Å². The number of aliphatic hydroxyl groups excluding tert-OH is 1. The summed E-state index contributed by atoms with van der Waals surface area (Å²) < 4.78 is 0. The van der Waals surface area contributed by atoms with Crippen molar-refractivity contribution in [3.8, 4) is 0 Å². The molecular formula is C30H54N4O2. The van der Waals surface area contributed by atoms with Gasteiger partial charge in [-0.05, 0) is 38.8 Å². The highest BCUT2D eigenvalue weighted by Gasteiger charge is 2.19. The van der Waals surface area contributed by atoms with Crippen LogP contribution in [0.3, 0.4) is 0 Å². The monoisotopic (exact) mass is 502 g/mol. The lowest BCUT2D eigenvalue weighted by Crippen LogP contribution is -2.49. The molecule has 1 fully saturated rings. The fraction of sp³-hybridized carbons (Fsp3) is 0.800. The second-order valence-corrected chi connectivity index (χ2v) is 10.8. The molecule has 0 unspecified atom stereocenters. The third kappa shape index (κ3) is 13.0. The van der Waals surface area contributed by atoms with E-state index in [1.807, 2.05) is 12.1 Å². The van der Waals surface area contributed by atoms with Crippen molar-refractivity contribution in [2.75, 3.05) is 44.2 Å². The van der Waals surface area contributed by atoms with E-state index in [9.17, 15) is 4.79 Å². The van der Waals surface area contributed by atoms with Crippen LogP contribution in [0.5, 0.6) is 0 Å². The molecule has 0 aromatic carbocycles. The second-order valence-electron chi connectivity index (χ2n) is 10.8. The maximum Gasteiger partial charge on any atom is 0.252 e. The van der Waals surface area contributed by atoms with Crippen LogP contribution in [0.1, 0.15) is 121 Å². The van der Waals surface area contributed by atoms with Crippen molar-refractivity contribution in [2.45, 2.75) is 116 Å². The van der Waals surface area contributed by atoms with Crippen LogP contribution in [-0.4, -0.2) is 66.3 Å². The van der Waals surface area contributed by atoms with Gasteiger partial charge in [-0.15, -0.1) is 0 Å². The summed E-state index contributed by atoms with van der Waals surface area (Å²) in [5, 5.41) is 11.8. The number of hydrogen-bond donors (Lipinski definition) is 2. The second kappa shape index (κ2) is 19.5. The molecule has 0 aliphatic carbocycles. The van der Waals surface area contributed by atoms with Crippen LogP contribution in [-0.2, 0) is 0 Å². The first-order valence-electron chi connectivity index (χ1n) is 15.0. The molecule has 1 saturated heterocycles. The topological polar surface area (TPSA) is 68.7 Å². The number of carbonyl (C=O) groups is 1. The molecule has 0 saturated carbocycles. The minimum atomic E-state index is -0.0103. The van der Waals surface area contributed by atoms with Gasteiger partial charge in [-0.3, -0.25) is 9.69 Å². The Morgan fingerprint density at radius 1 is 0.806 bits per heavy atom. The number of hydrogen-bond acceptors (Lipinski definition) is 5. The van der Waals surface area contributed by atoms with Crippen LogP contribution in [0.25, 0.3) is 0 Å². The molecule has 2 N–H and O–H groups in total. The molecule has 206 valence electrons. The molecule has 0 atom stereocenters. The van der Waals surface area contributed by atoms with Gasteiger partial charge in [0, 0.05) is 51.6 Å². The Morgan fingerprint density at radius 2 is 1.31 bits per heavy atom. The smallest absolute Gasteiger partial charge is 0.252 e. The quantitative estimate of drug-likeness (QED) is 0.208. The van der Waals surface area contributed by atoms with Crippen molar-refractivity contribution in [3.63, 3.8) is 0 Å². The number of amides is 1. The van der Waals surface area contributed by atoms with Gasteiger partial charge in [0.15, 0.2) is 0 Å². The van der Waals surface area contributed by atoms with Crippen LogP contribution >= 0.6 is 0 Å². The molecule has 1 aromatic rings. The largest absolute Gasteiger partial charge is 0.396 e. The van der Waals surface area contributed by atoms with Gasteiger partial charge in [0.1, 0.15) is 5.82 Å². The highest BCUT2D eigenvalue weighted by atomic mass is 16.2. The Kier molecular flexibility index (Phi) is 16.5. The lowest BCUT2D eigenvalue weighted by atomic mass is 10.0. The predicted octanol–water partition coefficient (Wildman–Crippen LogP) is 6.19. The Morgan fingerprint density at radius 3 is 1.75 bits per heavy atom. The minimum absolute atomic E-state index is 0.0103. The number of anilines is 1. The van der Waals surface area contributed by atoms with E-state index in [0.29, 0.717) is 18.2 Å². The van der Waals surface area contributed by atoms with Crippen LogP contribution < -0.4 is 10.2 Å². The van der Waals surface area contributed by atoms with E-state index in [2.05, 4.69) is 33.9 Å². The van der Waals surface area contributed by atoms with E-state index in [1.165, 1.54) is 83.5 Å². The molecule has 1 aliphatic heterocycles. The Bertz CT molecular complexity index is 672. The fourth-order valence-corrected chi connectivity index (χ4v) is 5.01. The first-order valence-corrected chi connectivity index (χ1v) is 15.0. The van der Waals surface area contributed by atoms with Crippen molar-refractivity contribution < 1.29 is 9.90 Å². The van der Waals surface area contributed by atoms with Crippen molar-refractivity contribution >= 4 is 11.7 Å². The molecule has 36 heavy (non-hydrogen) atoms. The number of rotatable bonds is 20. The molecule has 6 nitrogen and oxygen atoms in total. The maximum atomic E-state index is 12.4. The van der Waals surface area contributed by atoms with E-state index < -0.39 is 0 Å². The first-order chi connectivity index (χ1) is 17.6. The number of aromatic nitrogens is 1. The van der Waals surface area contributed by atoms with E-state index in [1.54, 1.807) is 6.20 Å². The summed E-state index contributed by atoms with van der Waals surface area (Å²) in [7, 11) is 0. The van der Waals surface area contributed by atoms with Gasteiger partial charge >= 0.3 is 0 Å². The standard InChI is InChI=1S/C30H54N4O2/c1-27(2)33-21-23-34(24-22-33)29-19-18-28(26-32-29)30(36)31-20-16-14-12-10-8-6-4-3-5-7-9-11-13-15-17-25-35/h18-19,26-27,35H,3-17,20-25H2,1-2H3,(H,31,36). The van der Waals surface area contributed by atoms with Gasteiger partial charge in [-0.1, -0.05) is 83.5 Å². The van der Waals surface area contributed by atoms with Crippen molar-refractivity contribution in [3.05, 3.63) is 23.9 Å². The summed E-state index contributed by atoms with van der Waals surface area (Å²) in [5.41, 5.74) is 0.654. The lowest BCUT2D eigenvalue weighted by molar-refractivity contribution is 0.0952.